The Labute approximate surface area is 103 Å². The first-order valence-electron chi connectivity index (χ1n) is 5.09. The van der Waals surface area contributed by atoms with E-state index in [2.05, 4.69) is 0 Å². The molecule has 2 heterocycles. The summed E-state index contributed by atoms with van der Waals surface area (Å²) in [5, 5.41) is 0.597. The van der Waals surface area contributed by atoms with Gasteiger partial charge in [-0.2, -0.15) is 11.8 Å². The highest BCUT2D eigenvalue weighted by Crippen LogP contribution is 2.42. The summed E-state index contributed by atoms with van der Waals surface area (Å²) in [6.45, 7) is 5.59. The smallest absolute Gasteiger partial charge is 0.341 e. The summed E-state index contributed by atoms with van der Waals surface area (Å²) < 4.78 is 5.37. The van der Waals surface area contributed by atoms with Crippen LogP contribution < -0.4 is 5.73 Å². The molecular formula is C11H15NO2S2. The molecule has 2 rings (SSSR count). The lowest BCUT2D eigenvalue weighted by atomic mass is 10.1. The molecule has 1 aliphatic rings. The van der Waals surface area contributed by atoms with Crippen molar-refractivity contribution in [1.29, 1.82) is 0 Å². The number of fused-ring (bicyclic) bond motifs is 1. The van der Waals surface area contributed by atoms with Gasteiger partial charge in [0.25, 0.3) is 0 Å². The molecule has 0 atom stereocenters. The molecule has 1 aromatic rings. The molecule has 0 radical (unpaired) electrons. The van der Waals surface area contributed by atoms with Crippen molar-refractivity contribution >= 4 is 34.1 Å². The Morgan fingerprint density at radius 2 is 2.06 bits per heavy atom. The summed E-state index contributed by atoms with van der Waals surface area (Å²) in [6, 6.07) is 0. The van der Waals surface area contributed by atoms with Crippen molar-refractivity contribution in [3.63, 3.8) is 0 Å². The average Bonchev–Trinajstić information content (AvgIpc) is 2.58. The Bertz CT molecular complexity index is 432. The van der Waals surface area contributed by atoms with Crippen molar-refractivity contribution in [2.45, 2.75) is 37.9 Å². The number of carbonyl (C=O) groups excluding carboxylic acids is 1. The number of thioether (sulfide) groups is 1. The molecular weight excluding hydrogens is 242 g/mol. The number of rotatable bonds is 1. The summed E-state index contributed by atoms with van der Waals surface area (Å²) in [6.07, 6.45) is 0. The van der Waals surface area contributed by atoms with Gasteiger partial charge in [0.1, 0.15) is 10.6 Å². The number of nitrogen functional groups attached to an aromatic ring is 1. The molecule has 1 aromatic heterocycles. The molecule has 0 unspecified atom stereocenters. The molecule has 3 nitrogen and oxygen atoms in total. The van der Waals surface area contributed by atoms with E-state index in [-0.39, 0.29) is 5.97 Å². The van der Waals surface area contributed by atoms with Crippen LogP contribution >= 0.6 is 23.1 Å². The van der Waals surface area contributed by atoms with E-state index in [1.807, 2.05) is 32.5 Å². The van der Waals surface area contributed by atoms with Gasteiger partial charge in [-0.25, -0.2) is 4.79 Å². The Balaban J connectivity index is 2.30. The standard InChI is InChI=1S/C11H15NO2S2/c1-11(2,3)14-10(13)8-6-4-15-5-7(6)16-9(8)12/h4-5,12H2,1-3H3. The van der Waals surface area contributed by atoms with Crippen molar-refractivity contribution in [3.05, 3.63) is 16.0 Å². The second kappa shape index (κ2) is 3.96. The highest BCUT2D eigenvalue weighted by Gasteiger charge is 2.28. The van der Waals surface area contributed by atoms with Crippen molar-refractivity contribution < 1.29 is 9.53 Å². The zero-order valence-corrected chi connectivity index (χ0v) is 11.3. The molecule has 0 fully saturated rings. The van der Waals surface area contributed by atoms with Crippen LogP contribution in [0.3, 0.4) is 0 Å². The zero-order chi connectivity index (χ0) is 11.9. The summed E-state index contributed by atoms with van der Waals surface area (Å²) >= 11 is 3.33. The van der Waals surface area contributed by atoms with Crippen molar-refractivity contribution in [2.24, 2.45) is 0 Å². The monoisotopic (exact) mass is 257 g/mol. The predicted octanol–water partition coefficient (Wildman–Crippen LogP) is 3.03. The number of ether oxygens (including phenoxy) is 1. The number of anilines is 1. The van der Waals surface area contributed by atoms with Gasteiger partial charge in [0.05, 0.1) is 5.56 Å². The average molecular weight is 257 g/mol. The first kappa shape index (κ1) is 11.8. The predicted molar refractivity (Wildman–Crippen MR) is 68.9 cm³/mol. The van der Waals surface area contributed by atoms with Crippen LogP contribution in [0, 0.1) is 0 Å². The van der Waals surface area contributed by atoms with E-state index in [1.165, 1.54) is 16.2 Å². The summed E-state index contributed by atoms with van der Waals surface area (Å²) in [7, 11) is 0. The maximum Gasteiger partial charge on any atom is 0.341 e. The van der Waals surface area contributed by atoms with Crippen LogP contribution in [0.15, 0.2) is 0 Å². The third kappa shape index (κ3) is 2.20. The van der Waals surface area contributed by atoms with Gasteiger partial charge < -0.3 is 10.5 Å². The lowest BCUT2D eigenvalue weighted by Crippen LogP contribution is -2.24. The molecule has 0 aliphatic carbocycles. The number of carbonyl (C=O) groups is 1. The number of nitrogens with two attached hydrogens (primary N) is 1. The van der Waals surface area contributed by atoms with E-state index in [4.69, 9.17) is 10.5 Å². The van der Waals surface area contributed by atoms with E-state index < -0.39 is 5.60 Å². The topological polar surface area (TPSA) is 52.3 Å². The van der Waals surface area contributed by atoms with Crippen LogP contribution in [-0.4, -0.2) is 11.6 Å². The molecule has 88 valence electrons. The Morgan fingerprint density at radius 3 is 2.69 bits per heavy atom. The Kier molecular flexibility index (Phi) is 2.92. The minimum Gasteiger partial charge on any atom is -0.456 e. The zero-order valence-electron chi connectivity index (χ0n) is 9.62. The van der Waals surface area contributed by atoms with E-state index in [9.17, 15) is 4.79 Å². The van der Waals surface area contributed by atoms with Crippen LogP contribution in [-0.2, 0) is 16.2 Å². The van der Waals surface area contributed by atoms with Crippen molar-refractivity contribution in [2.75, 3.05) is 5.73 Å². The van der Waals surface area contributed by atoms with Gasteiger partial charge in [-0.05, 0) is 26.3 Å². The summed E-state index contributed by atoms with van der Waals surface area (Å²) in [4.78, 5) is 13.2. The van der Waals surface area contributed by atoms with Gasteiger partial charge in [-0.15, -0.1) is 11.3 Å². The van der Waals surface area contributed by atoms with Crippen LogP contribution in [0.2, 0.25) is 0 Å². The number of esters is 1. The summed E-state index contributed by atoms with van der Waals surface area (Å²) in [5.74, 6) is 1.55. The lowest BCUT2D eigenvalue weighted by Gasteiger charge is -2.19. The summed E-state index contributed by atoms with van der Waals surface area (Å²) in [5.41, 5.74) is 7.09. The molecule has 0 saturated carbocycles. The Hall–Kier alpha value is -0.680. The van der Waals surface area contributed by atoms with Gasteiger partial charge in [-0.1, -0.05) is 0 Å². The SMILES string of the molecule is CC(C)(C)OC(=O)c1c(N)sc2c1CSC2. The number of hydrogen-bond acceptors (Lipinski definition) is 5. The highest BCUT2D eigenvalue weighted by molar-refractivity contribution is 7.98. The molecule has 0 amide bonds. The fourth-order valence-corrected chi connectivity index (χ4v) is 4.03. The lowest BCUT2D eigenvalue weighted by molar-refractivity contribution is 0.00705. The fourth-order valence-electron chi connectivity index (χ4n) is 1.60. The van der Waals surface area contributed by atoms with Crippen molar-refractivity contribution in [3.8, 4) is 0 Å². The maximum atomic E-state index is 12.0. The second-order valence-electron chi connectivity index (χ2n) is 4.74. The van der Waals surface area contributed by atoms with Crippen LogP contribution in [0.25, 0.3) is 0 Å². The highest BCUT2D eigenvalue weighted by atomic mass is 32.2. The first-order chi connectivity index (χ1) is 7.38. The fraction of sp³-hybridized carbons (Fsp3) is 0.545. The second-order valence-corrected chi connectivity index (χ2v) is 6.86. The van der Waals surface area contributed by atoms with E-state index in [0.29, 0.717) is 10.6 Å². The third-order valence-electron chi connectivity index (χ3n) is 2.20. The van der Waals surface area contributed by atoms with Crippen LogP contribution in [0.5, 0.6) is 0 Å². The number of hydrogen-bond donors (Lipinski definition) is 1. The largest absolute Gasteiger partial charge is 0.456 e. The van der Waals surface area contributed by atoms with Gasteiger partial charge in [0.2, 0.25) is 0 Å². The first-order valence-corrected chi connectivity index (χ1v) is 7.06. The molecule has 0 spiro atoms. The quantitative estimate of drug-likeness (QED) is 0.786. The normalized spacial score (nSPS) is 14.9. The van der Waals surface area contributed by atoms with Crippen molar-refractivity contribution in [1.82, 2.24) is 0 Å². The van der Waals surface area contributed by atoms with Gasteiger partial charge in [0, 0.05) is 16.4 Å². The van der Waals surface area contributed by atoms with E-state index in [0.717, 1.165) is 17.1 Å². The molecule has 0 aromatic carbocycles. The van der Waals surface area contributed by atoms with E-state index >= 15 is 0 Å². The third-order valence-corrected chi connectivity index (χ3v) is 4.43. The van der Waals surface area contributed by atoms with Gasteiger partial charge in [0.15, 0.2) is 0 Å². The van der Waals surface area contributed by atoms with Gasteiger partial charge >= 0.3 is 5.97 Å². The van der Waals surface area contributed by atoms with Crippen LogP contribution in [0.1, 0.15) is 41.6 Å². The molecule has 1 aliphatic heterocycles. The van der Waals surface area contributed by atoms with Crippen LogP contribution in [0.4, 0.5) is 5.00 Å². The Morgan fingerprint density at radius 1 is 1.38 bits per heavy atom. The minimum absolute atomic E-state index is 0.287. The molecule has 0 saturated heterocycles. The number of thiophene rings is 1. The maximum absolute atomic E-state index is 12.0. The molecule has 5 heteroatoms. The molecule has 0 bridgehead atoms. The van der Waals surface area contributed by atoms with E-state index in [1.54, 1.807) is 0 Å². The molecule has 16 heavy (non-hydrogen) atoms. The molecule has 2 N–H and O–H groups in total. The van der Waals surface area contributed by atoms with Gasteiger partial charge in [-0.3, -0.25) is 0 Å². The minimum atomic E-state index is -0.468.